The Morgan fingerprint density at radius 2 is 2.00 bits per heavy atom. The average Bonchev–Trinajstić information content (AvgIpc) is 3.31. The molecule has 1 fully saturated rings. The van der Waals surface area contributed by atoms with Crippen LogP contribution in [0.4, 0.5) is 5.82 Å². The summed E-state index contributed by atoms with van der Waals surface area (Å²) in [5, 5.41) is 5.27. The highest BCUT2D eigenvalue weighted by Crippen LogP contribution is 2.29. The summed E-state index contributed by atoms with van der Waals surface area (Å²) in [5.74, 6) is 1.28. The summed E-state index contributed by atoms with van der Waals surface area (Å²) >= 11 is 1.54. The molecule has 0 unspecified atom stereocenters. The summed E-state index contributed by atoms with van der Waals surface area (Å²) in [5.41, 5.74) is 0. The maximum atomic E-state index is 12.4. The van der Waals surface area contributed by atoms with E-state index in [9.17, 15) is 4.79 Å². The fraction of sp³-hybridized carbons (Fsp3) is 0.412. The summed E-state index contributed by atoms with van der Waals surface area (Å²) in [6.07, 6.45) is 4.54. The Hall–Kier alpha value is -2.48. The number of carbonyl (C=O) groups excluding carboxylic acids is 1. The fourth-order valence-corrected chi connectivity index (χ4v) is 3.96. The van der Waals surface area contributed by atoms with Crippen LogP contribution in [-0.4, -0.2) is 56.1 Å². The van der Waals surface area contributed by atoms with Crippen molar-refractivity contribution in [1.29, 1.82) is 0 Å². The van der Waals surface area contributed by atoms with E-state index in [4.69, 9.17) is 0 Å². The van der Waals surface area contributed by atoms with E-state index in [0.29, 0.717) is 6.42 Å². The van der Waals surface area contributed by atoms with Gasteiger partial charge in [0.05, 0.1) is 4.70 Å². The van der Waals surface area contributed by atoms with Gasteiger partial charge in [-0.05, 0) is 30.1 Å². The second-order valence-electron chi connectivity index (χ2n) is 6.13. The van der Waals surface area contributed by atoms with Crippen molar-refractivity contribution in [3.05, 3.63) is 36.9 Å². The monoisotopic (exact) mass is 356 g/mol. The van der Waals surface area contributed by atoms with Crippen molar-refractivity contribution in [2.24, 2.45) is 0 Å². The summed E-state index contributed by atoms with van der Waals surface area (Å²) in [6.45, 7) is 3.92. The number of fused-ring (bicyclic) bond motifs is 1. The van der Waals surface area contributed by atoms with Crippen LogP contribution in [0.3, 0.4) is 0 Å². The number of nitrogens with zero attached hydrogens (tertiary/aromatic N) is 6. The molecule has 1 amide bonds. The van der Waals surface area contributed by atoms with Gasteiger partial charge in [-0.25, -0.2) is 4.98 Å². The van der Waals surface area contributed by atoms with Crippen molar-refractivity contribution in [3.63, 3.8) is 0 Å². The van der Waals surface area contributed by atoms with E-state index in [1.165, 1.54) is 27.9 Å². The topological polar surface area (TPSA) is 67.2 Å². The molecule has 0 radical (unpaired) electrons. The maximum Gasteiger partial charge on any atom is 0.222 e. The minimum Gasteiger partial charge on any atom is -0.352 e. The van der Waals surface area contributed by atoms with E-state index in [2.05, 4.69) is 37.6 Å². The van der Waals surface area contributed by atoms with E-state index in [1.54, 1.807) is 11.0 Å². The van der Waals surface area contributed by atoms with Crippen molar-refractivity contribution in [2.45, 2.75) is 19.4 Å². The fourth-order valence-electron chi connectivity index (χ4n) is 3.17. The van der Waals surface area contributed by atoms with Gasteiger partial charge in [0.1, 0.15) is 18.5 Å². The molecule has 1 aromatic carbocycles. The predicted molar refractivity (Wildman–Crippen MR) is 97.7 cm³/mol. The number of amides is 1. The molecule has 25 heavy (non-hydrogen) atoms. The molecule has 7 nitrogen and oxygen atoms in total. The van der Waals surface area contributed by atoms with Crippen LogP contribution in [0.25, 0.3) is 10.1 Å². The number of piperazine rings is 1. The predicted octanol–water partition coefficient (Wildman–Crippen LogP) is 2.02. The van der Waals surface area contributed by atoms with Gasteiger partial charge in [0.15, 0.2) is 0 Å². The molecule has 0 bridgehead atoms. The SMILES string of the molecule is O=C(CCCn1cncn1)N1CCN(c2nsc3ccccc23)CC1. The summed E-state index contributed by atoms with van der Waals surface area (Å²) < 4.78 is 7.59. The summed E-state index contributed by atoms with van der Waals surface area (Å²) in [4.78, 5) is 20.5. The van der Waals surface area contributed by atoms with Crippen LogP contribution in [0.15, 0.2) is 36.9 Å². The van der Waals surface area contributed by atoms with Gasteiger partial charge in [-0.3, -0.25) is 9.48 Å². The minimum absolute atomic E-state index is 0.225. The lowest BCUT2D eigenvalue weighted by atomic mass is 10.2. The molecule has 3 aromatic rings. The van der Waals surface area contributed by atoms with Crippen LogP contribution < -0.4 is 4.90 Å². The Balaban J connectivity index is 1.29. The molecule has 0 saturated carbocycles. The van der Waals surface area contributed by atoms with Crippen LogP contribution in [-0.2, 0) is 11.3 Å². The molecule has 0 aliphatic carbocycles. The molecule has 4 rings (SSSR count). The zero-order valence-corrected chi connectivity index (χ0v) is 14.7. The van der Waals surface area contributed by atoms with Gasteiger partial charge in [0, 0.05) is 44.5 Å². The lowest BCUT2D eigenvalue weighted by molar-refractivity contribution is -0.131. The van der Waals surface area contributed by atoms with Gasteiger partial charge < -0.3 is 9.80 Å². The number of aromatic nitrogens is 4. The lowest BCUT2D eigenvalue weighted by Gasteiger charge is -2.35. The van der Waals surface area contributed by atoms with E-state index >= 15 is 0 Å². The van der Waals surface area contributed by atoms with Crippen molar-refractivity contribution < 1.29 is 4.79 Å². The number of anilines is 1. The van der Waals surface area contributed by atoms with Gasteiger partial charge in [-0.15, -0.1) is 0 Å². The third kappa shape index (κ3) is 3.48. The third-order valence-corrected chi connectivity index (χ3v) is 5.35. The van der Waals surface area contributed by atoms with Crippen molar-refractivity contribution in [3.8, 4) is 0 Å². The quantitative estimate of drug-likeness (QED) is 0.700. The smallest absolute Gasteiger partial charge is 0.222 e. The molecule has 0 N–H and O–H groups in total. The van der Waals surface area contributed by atoms with Gasteiger partial charge >= 0.3 is 0 Å². The molecule has 0 spiro atoms. The van der Waals surface area contributed by atoms with Crippen LogP contribution in [0.5, 0.6) is 0 Å². The van der Waals surface area contributed by atoms with Gasteiger partial charge in [0.2, 0.25) is 5.91 Å². The molecule has 8 heteroatoms. The van der Waals surface area contributed by atoms with Crippen molar-refractivity contribution in [2.75, 3.05) is 31.1 Å². The minimum atomic E-state index is 0.225. The molecule has 2 aromatic heterocycles. The first-order chi connectivity index (χ1) is 12.3. The molecule has 0 atom stereocenters. The number of hydrogen-bond acceptors (Lipinski definition) is 6. The molecule has 1 aliphatic rings. The third-order valence-electron chi connectivity index (χ3n) is 4.53. The van der Waals surface area contributed by atoms with Gasteiger partial charge in [0.25, 0.3) is 0 Å². The highest BCUT2D eigenvalue weighted by atomic mass is 32.1. The van der Waals surface area contributed by atoms with Crippen LogP contribution in [0.2, 0.25) is 0 Å². The van der Waals surface area contributed by atoms with Crippen LogP contribution in [0, 0.1) is 0 Å². The van der Waals surface area contributed by atoms with Gasteiger partial charge in [-0.1, -0.05) is 12.1 Å². The zero-order chi connectivity index (χ0) is 17.1. The Kier molecular flexibility index (Phi) is 4.60. The highest BCUT2D eigenvalue weighted by molar-refractivity contribution is 7.13. The largest absolute Gasteiger partial charge is 0.352 e. The Labute approximate surface area is 150 Å². The first kappa shape index (κ1) is 16.0. The second-order valence-corrected chi connectivity index (χ2v) is 6.94. The molecule has 1 saturated heterocycles. The summed E-state index contributed by atoms with van der Waals surface area (Å²) in [7, 11) is 0. The maximum absolute atomic E-state index is 12.4. The molecule has 3 heterocycles. The first-order valence-corrected chi connectivity index (χ1v) is 9.28. The van der Waals surface area contributed by atoms with E-state index < -0.39 is 0 Å². The second kappa shape index (κ2) is 7.18. The highest BCUT2D eigenvalue weighted by Gasteiger charge is 2.23. The Morgan fingerprint density at radius 3 is 2.80 bits per heavy atom. The summed E-state index contributed by atoms with van der Waals surface area (Å²) in [6, 6.07) is 8.32. The zero-order valence-electron chi connectivity index (χ0n) is 13.9. The van der Waals surface area contributed by atoms with E-state index in [-0.39, 0.29) is 5.91 Å². The molecular formula is C17H20N6OS. The number of benzene rings is 1. The van der Waals surface area contributed by atoms with Gasteiger partial charge in [-0.2, -0.15) is 9.47 Å². The molecular weight excluding hydrogens is 336 g/mol. The number of rotatable bonds is 5. The number of aryl methyl sites for hydroxylation is 1. The normalized spacial score (nSPS) is 15.0. The lowest BCUT2D eigenvalue weighted by Crippen LogP contribution is -2.49. The van der Waals surface area contributed by atoms with Crippen molar-refractivity contribution in [1.82, 2.24) is 24.0 Å². The van der Waals surface area contributed by atoms with Crippen LogP contribution in [0.1, 0.15) is 12.8 Å². The Morgan fingerprint density at radius 1 is 1.16 bits per heavy atom. The standard InChI is InChI=1S/C17H20N6OS/c24-16(6-3-7-23-13-18-12-19-23)21-8-10-22(11-9-21)17-14-4-1-2-5-15(14)25-20-17/h1-2,4-5,12-13H,3,6-11H2. The van der Waals surface area contributed by atoms with E-state index in [0.717, 1.165) is 45.0 Å². The molecule has 130 valence electrons. The van der Waals surface area contributed by atoms with E-state index in [1.807, 2.05) is 11.0 Å². The van der Waals surface area contributed by atoms with Crippen molar-refractivity contribution >= 4 is 33.3 Å². The number of hydrogen-bond donors (Lipinski definition) is 0. The molecule has 1 aliphatic heterocycles. The van der Waals surface area contributed by atoms with Crippen LogP contribution >= 0.6 is 11.5 Å². The average molecular weight is 356 g/mol. The first-order valence-electron chi connectivity index (χ1n) is 8.51. The Bertz CT molecular complexity index is 838. The number of carbonyl (C=O) groups is 1.